The molecule has 1 atom stereocenters. The molecule has 0 radical (unpaired) electrons. The summed E-state index contributed by atoms with van der Waals surface area (Å²) in [5.74, 6) is 0.342. The Morgan fingerprint density at radius 2 is 2.12 bits per heavy atom. The fourth-order valence-corrected chi connectivity index (χ4v) is 2.00. The topological polar surface area (TPSA) is 31.4 Å². The van der Waals surface area contributed by atoms with Crippen molar-refractivity contribution in [3.63, 3.8) is 0 Å². The van der Waals surface area contributed by atoms with Crippen LogP contribution >= 0.6 is 46.4 Å². The number of nitrogens with zero attached hydrogens (tertiary/aromatic N) is 1. The number of halogens is 4. The third-order valence-electron chi connectivity index (χ3n) is 2.27. The lowest BCUT2D eigenvalue weighted by Crippen LogP contribution is -2.17. The number of hydrogen-bond acceptors (Lipinski definition) is 3. The van der Waals surface area contributed by atoms with Crippen molar-refractivity contribution in [3.05, 3.63) is 22.8 Å². The molecule has 7 heteroatoms. The first-order valence-corrected chi connectivity index (χ1v) is 6.45. The van der Waals surface area contributed by atoms with Gasteiger partial charge < -0.3 is 9.47 Å². The highest BCUT2D eigenvalue weighted by molar-refractivity contribution is 6.66. The summed E-state index contributed by atoms with van der Waals surface area (Å²) in [6.07, 6.45) is 0.793. The molecule has 1 aromatic heterocycles. The number of rotatable bonds is 2. The molecule has 0 N–H and O–H groups in total. The first-order valence-electron chi connectivity index (χ1n) is 4.94. The second kappa shape index (κ2) is 5.37. The van der Waals surface area contributed by atoms with Crippen molar-refractivity contribution in [1.29, 1.82) is 0 Å². The van der Waals surface area contributed by atoms with E-state index < -0.39 is 3.79 Å². The van der Waals surface area contributed by atoms with Crippen molar-refractivity contribution >= 4 is 46.4 Å². The van der Waals surface area contributed by atoms with Crippen LogP contribution in [-0.4, -0.2) is 24.3 Å². The van der Waals surface area contributed by atoms with Gasteiger partial charge in [-0.1, -0.05) is 46.4 Å². The van der Waals surface area contributed by atoms with E-state index in [0.717, 1.165) is 6.42 Å². The predicted molar refractivity (Wildman–Crippen MR) is 68.3 cm³/mol. The van der Waals surface area contributed by atoms with Gasteiger partial charge in [-0.25, -0.2) is 4.98 Å². The first kappa shape index (κ1) is 13.5. The van der Waals surface area contributed by atoms with Gasteiger partial charge in [0.25, 0.3) is 0 Å². The first-order chi connectivity index (χ1) is 7.95. The third kappa shape index (κ3) is 3.76. The van der Waals surface area contributed by atoms with E-state index in [2.05, 4.69) is 4.98 Å². The molecular weight excluding hydrogens is 308 g/mol. The van der Waals surface area contributed by atoms with E-state index in [1.807, 2.05) is 0 Å². The van der Waals surface area contributed by atoms with Gasteiger partial charge in [-0.15, -0.1) is 0 Å². The molecular formula is C10H9Cl4NO2. The maximum absolute atomic E-state index is 5.84. The lowest BCUT2D eigenvalue weighted by molar-refractivity contribution is 0.138. The molecule has 1 aromatic rings. The standard InChI is InChI=1S/C10H9Cl4NO2/c11-8-3-6(10(12,13)14)4-9(15-8)17-7-1-2-16-5-7/h3-4,7H,1-2,5H2. The molecule has 0 amide bonds. The fraction of sp³-hybridized carbons (Fsp3) is 0.500. The highest BCUT2D eigenvalue weighted by Gasteiger charge is 2.25. The van der Waals surface area contributed by atoms with Crippen LogP contribution < -0.4 is 4.74 Å². The molecule has 2 heterocycles. The molecule has 17 heavy (non-hydrogen) atoms. The molecule has 0 bridgehead atoms. The van der Waals surface area contributed by atoms with Gasteiger partial charge in [0.2, 0.25) is 9.67 Å². The maximum atomic E-state index is 5.84. The zero-order chi connectivity index (χ0) is 12.5. The molecule has 1 aliphatic rings. The highest BCUT2D eigenvalue weighted by Crippen LogP contribution is 2.40. The molecule has 0 saturated carbocycles. The molecule has 1 fully saturated rings. The van der Waals surface area contributed by atoms with Crippen LogP contribution in [0.4, 0.5) is 0 Å². The smallest absolute Gasteiger partial charge is 0.216 e. The van der Waals surface area contributed by atoms with Gasteiger partial charge in [-0.3, -0.25) is 0 Å². The summed E-state index contributed by atoms with van der Waals surface area (Å²) >= 11 is 23.2. The van der Waals surface area contributed by atoms with Crippen molar-refractivity contribution in [2.24, 2.45) is 0 Å². The Morgan fingerprint density at radius 1 is 1.35 bits per heavy atom. The Balaban J connectivity index is 2.19. The van der Waals surface area contributed by atoms with E-state index in [4.69, 9.17) is 55.9 Å². The zero-order valence-corrected chi connectivity index (χ0v) is 11.7. The van der Waals surface area contributed by atoms with Gasteiger partial charge in [0.15, 0.2) is 0 Å². The van der Waals surface area contributed by atoms with Crippen LogP contribution in [0.5, 0.6) is 5.88 Å². The summed E-state index contributed by atoms with van der Waals surface area (Å²) in [5.41, 5.74) is 0.427. The van der Waals surface area contributed by atoms with Crippen molar-refractivity contribution < 1.29 is 9.47 Å². The minimum absolute atomic E-state index is 0.0239. The van der Waals surface area contributed by atoms with Crippen LogP contribution in [0.1, 0.15) is 12.0 Å². The number of pyridine rings is 1. The number of alkyl halides is 3. The van der Waals surface area contributed by atoms with Crippen LogP contribution in [0.2, 0.25) is 5.15 Å². The second-order valence-electron chi connectivity index (χ2n) is 3.62. The van der Waals surface area contributed by atoms with E-state index in [1.165, 1.54) is 6.07 Å². The summed E-state index contributed by atoms with van der Waals surface area (Å²) in [5, 5.41) is 0.225. The minimum Gasteiger partial charge on any atom is -0.472 e. The Labute approximate surface area is 119 Å². The molecule has 1 unspecified atom stereocenters. The average Bonchev–Trinajstić information content (AvgIpc) is 2.68. The highest BCUT2D eigenvalue weighted by atomic mass is 35.6. The van der Waals surface area contributed by atoms with Crippen molar-refractivity contribution in [2.75, 3.05) is 13.2 Å². The summed E-state index contributed by atoms with van der Waals surface area (Å²) in [6.45, 7) is 1.22. The largest absolute Gasteiger partial charge is 0.472 e. The number of ether oxygens (including phenoxy) is 2. The lowest BCUT2D eigenvalue weighted by atomic mass is 10.3. The molecule has 0 aromatic carbocycles. The van der Waals surface area contributed by atoms with Gasteiger partial charge in [-0.2, -0.15) is 0 Å². The molecule has 94 valence electrons. The van der Waals surface area contributed by atoms with Crippen LogP contribution in [0.3, 0.4) is 0 Å². The van der Waals surface area contributed by atoms with E-state index in [0.29, 0.717) is 24.7 Å². The maximum Gasteiger partial charge on any atom is 0.216 e. The predicted octanol–water partition coefficient (Wildman–Crippen LogP) is 3.73. The van der Waals surface area contributed by atoms with Gasteiger partial charge in [0.1, 0.15) is 11.3 Å². The molecule has 1 saturated heterocycles. The van der Waals surface area contributed by atoms with E-state index in [9.17, 15) is 0 Å². The van der Waals surface area contributed by atoms with Gasteiger partial charge in [0, 0.05) is 18.1 Å². The van der Waals surface area contributed by atoms with Crippen LogP contribution in [0.15, 0.2) is 12.1 Å². The fourth-order valence-electron chi connectivity index (χ4n) is 1.47. The second-order valence-corrected chi connectivity index (χ2v) is 6.29. The van der Waals surface area contributed by atoms with Crippen molar-refractivity contribution in [1.82, 2.24) is 4.98 Å². The summed E-state index contributed by atoms with van der Waals surface area (Å²) in [4.78, 5) is 4.02. The zero-order valence-electron chi connectivity index (χ0n) is 8.63. The van der Waals surface area contributed by atoms with E-state index >= 15 is 0 Å². The molecule has 0 spiro atoms. The molecule has 3 nitrogen and oxygen atoms in total. The summed E-state index contributed by atoms with van der Waals surface area (Å²) < 4.78 is 9.24. The number of aromatic nitrogens is 1. The molecule has 1 aliphatic heterocycles. The average molecular weight is 317 g/mol. The van der Waals surface area contributed by atoms with Gasteiger partial charge >= 0.3 is 0 Å². The monoisotopic (exact) mass is 315 g/mol. The van der Waals surface area contributed by atoms with Gasteiger partial charge in [-0.05, 0) is 6.07 Å². The number of hydrogen-bond donors (Lipinski definition) is 0. The van der Waals surface area contributed by atoms with Crippen LogP contribution in [0, 0.1) is 0 Å². The Bertz CT molecular complexity index is 402. The van der Waals surface area contributed by atoms with E-state index in [1.54, 1.807) is 6.07 Å². The Morgan fingerprint density at radius 3 is 2.71 bits per heavy atom. The normalized spacial score (nSPS) is 20.6. The molecule has 2 rings (SSSR count). The summed E-state index contributed by atoms with van der Waals surface area (Å²) in [7, 11) is 0. The Hall–Kier alpha value is 0.0700. The third-order valence-corrected chi connectivity index (χ3v) is 3.12. The SMILES string of the molecule is Clc1cc(C(Cl)(Cl)Cl)cc(OC2CCOC2)n1. The van der Waals surface area contributed by atoms with Crippen LogP contribution in [0.25, 0.3) is 0 Å². The summed E-state index contributed by atoms with van der Waals surface area (Å²) in [6, 6.07) is 3.06. The molecule has 0 aliphatic carbocycles. The quantitative estimate of drug-likeness (QED) is 0.615. The van der Waals surface area contributed by atoms with E-state index in [-0.39, 0.29) is 11.3 Å². The Kier molecular flexibility index (Phi) is 4.26. The lowest BCUT2D eigenvalue weighted by Gasteiger charge is -2.15. The minimum atomic E-state index is -1.54. The van der Waals surface area contributed by atoms with Crippen molar-refractivity contribution in [2.45, 2.75) is 16.3 Å². The van der Waals surface area contributed by atoms with Crippen LogP contribution in [-0.2, 0) is 8.53 Å². The van der Waals surface area contributed by atoms with Gasteiger partial charge in [0.05, 0.1) is 13.2 Å². The van der Waals surface area contributed by atoms with Crippen molar-refractivity contribution in [3.8, 4) is 5.88 Å².